The molecule has 0 bridgehead atoms. The fraction of sp³-hybridized carbons (Fsp3) is 0.944. The van der Waals surface area contributed by atoms with Crippen molar-refractivity contribution in [3.8, 4) is 0 Å². The zero-order valence-corrected chi connectivity index (χ0v) is 16.8. The maximum atomic E-state index is 14.2. The molecule has 1 amide bonds. The monoisotopic (exact) mass is 363 g/mol. The van der Waals surface area contributed by atoms with Gasteiger partial charge in [0.1, 0.15) is 6.17 Å². The third kappa shape index (κ3) is 13.1. The van der Waals surface area contributed by atoms with E-state index in [2.05, 4.69) is 29.8 Å². The molecule has 0 rings (SSSR count). The van der Waals surface area contributed by atoms with E-state index in [1.807, 2.05) is 0 Å². The lowest BCUT2D eigenvalue weighted by Crippen LogP contribution is -2.45. The summed E-state index contributed by atoms with van der Waals surface area (Å²) in [6.07, 6.45) is -1.26. The highest BCUT2D eigenvalue weighted by atomic mass is 19.1. The molecule has 0 saturated carbocycles. The van der Waals surface area contributed by atoms with Gasteiger partial charge in [0.15, 0.2) is 0 Å². The van der Waals surface area contributed by atoms with Crippen LogP contribution in [-0.4, -0.2) is 69.7 Å². The molecule has 3 N–H and O–H groups in total. The number of ether oxygens (including phenoxy) is 2. The first-order valence-electron chi connectivity index (χ1n) is 9.24. The normalized spacial score (nSPS) is 13.5. The Hall–Kier alpha value is -0.760. The van der Waals surface area contributed by atoms with Gasteiger partial charge in [-0.2, -0.15) is 0 Å². The minimum absolute atomic E-state index is 0.0320. The highest BCUT2D eigenvalue weighted by Gasteiger charge is 2.30. The van der Waals surface area contributed by atoms with Crippen LogP contribution in [0.1, 0.15) is 41.5 Å². The number of nitrogens with one attached hydrogen (secondary N) is 3. The number of carbonyl (C=O) groups excluding carboxylic acids is 1. The van der Waals surface area contributed by atoms with Crippen LogP contribution in [0.5, 0.6) is 0 Å². The molecule has 0 aliphatic carbocycles. The third-order valence-electron chi connectivity index (χ3n) is 3.71. The lowest BCUT2D eigenvalue weighted by atomic mass is 10.0. The minimum Gasteiger partial charge on any atom is -0.379 e. The second kappa shape index (κ2) is 13.4. The van der Waals surface area contributed by atoms with Gasteiger partial charge in [-0.3, -0.25) is 4.79 Å². The number of hydrogen-bond donors (Lipinski definition) is 3. The van der Waals surface area contributed by atoms with Gasteiger partial charge in [-0.15, -0.1) is 0 Å². The van der Waals surface area contributed by atoms with Crippen molar-refractivity contribution in [2.24, 2.45) is 5.92 Å². The predicted molar refractivity (Wildman–Crippen MR) is 99.6 cm³/mol. The molecular formula is C18H38FN3O3. The van der Waals surface area contributed by atoms with E-state index in [1.54, 1.807) is 27.7 Å². The first-order valence-corrected chi connectivity index (χ1v) is 9.24. The summed E-state index contributed by atoms with van der Waals surface area (Å²) in [6, 6.07) is 0.472. The van der Waals surface area contributed by atoms with Gasteiger partial charge in [0.25, 0.3) is 0 Å². The number of hydrogen-bond acceptors (Lipinski definition) is 5. The fourth-order valence-electron chi connectivity index (χ4n) is 1.91. The molecule has 0 aliphatic heterocycles. The Morgan fingerprint density at radius 2 is 1.64 bits per heavy atom. The molecule has 25 heavy (non-hydrogen) atoms. The number of halogens is 1. The maximum absolute atomic E-state index is 14.2. The Morgan fingerprint density at radius 3 is 2.24 bits per heavy atom. The molecule has 0 heterocycles. The molecule has 6 nitrogen and oxygen atoms in total. The first kappa shape index (κ1) is 24.2. The van der Waals surface area contributed by atoms with Gasteiger partial charge in [-0.1, -0.05) is 27.7 Å². The van der Waals surface area contributed by atoms with E-state index in [0.717, 1.165) is 13.1 Å². The van der Waals surface area contributed by atoms with Crippen LogP contribution in [0.25, 0.3) is 0 Å². The second-order valence-electron chi connectivity index (χ2n) is 7.29. The Balaban J connectivity index is 3.66. The van der Waals surface area contributed by atoms with E-state index in [-0.39, 0.29) is 18.4 Å². The molecule has 0 spiro atoms. The van der Waals surface area contributed by atoms with Crippen molar-refractivity contribution in [2.45, 2.75) is 59.4 Å². The lowest BCUT2D eigenvalue weighted by Gasteiger charge is -2.29. The van der Waals surface area contributed by atoms with Gasteiger partial charge in [-0.25, -0.2) is 4.39 Å². The van der Waals surface area contributed by atoms with Gasteiger partial charge >= 0.3 is 0 Å². The molecule has 0 saturated heterocycles. The molecule has 0 aliphatic rings. The number of rotatable bonds is 15. The van der Waals surface area contributed by atoms with Gasteiger partial charge in [0.05, 0.1) is 32.0 Å². The zero-order chi connectivity index (χ0) is 19.3. The second-order valence-corrected chi connectivity index (χ2v) is 7.29. The summed E-state index contributed by atoms with van der Waals surface area (Å²) in [5.41, 5.74) is -0.940. The average Bonchev–Trinajstić information content (AvgIpc) is 2.53. The van der Waals surface area contributed by atoms with Crippen molar-refractivity contribution < 1.29 is 18.7 Å². The van der Waals surface area contributed by atoms with Crippen molar-refractivity contribution in [1.29, 1.82) is 0 Å². The smallest absolute Gasteiger partial charge is 0.222 e. The highest BCUT2D eigenvalue weighted by Crippen LogP contribution is 2.17. The van der Waals surface area contributed by atoms with Crippen molar-refractivity contribution in [3.05, 3.63) is 0 Å². The van der Waals surface area contributed by atoms with E-state index in [9.17, 15) is 9.18 Å². The average molecular weight is 364 g/mol. The summed E-state index contributed by atoms with van der Waals surface area (Å²) in [7, 11) is 0. The lowest BCUT2D eigenvalue weighted by molar-refractivity contribution is -0.125. The highest BCUT2D eigenvalue weighted by molar-refractivity contribution is 5.77. The van der Waals surface area contributed by atoms with Crippen LogP contribution in [0.15, 0.2) is 0 Å². The van der Waals surface area contributed by atoms with Gasteiger partial charge in [0.2, 0.25) is 5.91 Å². The van der Waals surface area contributed by atoms with Crippen LogP contribution in [0.3, 0.4) is 0 Å². The number of alkyl halides is 1. The maximum Gasteiger partial charge on any atom is 0.222 e. The van der Waals surface area contributed by atoms with E-state index in [1.165, 1.54) is 0 Å². The summed E-state index contributed by atoms with van der Waals surface area (Å²) in [6.45, 7) is 15.1. The third-order valence-corrected chi connectivity index (χ3v) is 3.71. The molecule has 0 aromatic carbocycles. The molecule has 7 heteroatoms. The van der Waals surface area contributed by atoms with Crippen molar-refractivity contribution in [3.63, 3.8) is 0 Å². The molecule has 0 radical (unpaired) electrons. The molecular weight excluding hydrogens is 325 g/mol. The summed E-state index contributed by atoms with van der Waals surface area (Å²) < 4.78 is 25.3. The van der Waals surface area contributed by atoms with Crippen LogP contribution < -0.4 is 16.0 Å². The summed E-state index contributed by atoms with van der Waals surface area (Å²) in [4.78, 5) is 11.5. The number of carbonyl (C=O) groups is 1. The topological polar surface area (TPSA) is 71.6 Å². The fourth-order valence-corrected chi connectivity index (χ4v) is 1.91. The quantitative estimate of drug-likeness (QED) is 0.385. The van der Waals surface area contributed by atoms with Crippen LogP contribution in [0, 0.1) is 5.92 Å². The molecule has 0 aromatic rings. The van der Waals surface area contributed by atoms with E-state index in [4.69, 9.17) is 9.47 Å². The Bertz CT molecular complexity index is 352. The first-order chi connectivity index (χ1) is 11.7. The van der Waals surface area contributed by atoms with E-state index in [0.29, 0.717) is 32.4 Å². The molecule has 0 fully saturated rings. The molecule has 1 unspecified atom stereocenters. The van der Waals surface area contributed by atoms with Crippen LogP contribution in [0.4, 0.5) is 4.39 Å². The molecule has 1 atom stereocenters. The molecule has 150 valence electrons. The Kier molecular flexibility index (Phi) is 13.0. The van der Waals surface area contributed by atoms with Crippen LogP contribution in [-0.2, 0) is 14.3 Å². The Morgan fingerprint density at radius 1 is 1.04 bits per heavy atom. The largest absolute Gasteiger partial charge is 0.379 e. The van der Waals surface area contributed by atoms with Crippen molar-refractivity contribution in [1.82, 2.24) is 16.0 Å². The summed E-state index contributed by atoms with van der Waals surface area (Å²) in [5, 5.41) is 9.08. The minimum atomic E-state index is -1.26. The van der Waals surface area contributed by atoms with E-state index >= 15 is 0 Å². The van der Waals surface area contributed by atoms with Gasteiger partial charge < -0.3 is 25.4 Å². The van der Waals surface area contributed by atoms with Crippen LogP contribution in [0.2, 0.25) is 0 Å². The zero-order valence-electron chi connectivity index (χ0n) is 16.8. The summed E-state index contributed by atoms with van der Waals surface area (Å²) >= 11 is 0. The number of amides is 1. The van der Waals surface area contributed by atoms with Crippen molar-refractivity contribution in [2.75, 3.05) is 46.0 Å². The van der Waals surface area contributed by atoms with Gasteiger partial charge in [-0.05, 0) is 13.8 Å². The van der Waals surface area contributed by atoms with Gasteiger partial charge in [0, 0.05) is 31.6 Å². The summed E-state index contributed by atoms with van der Waals surface area (Å²) in [5.74, 6) is -0.299. The molecule has 0 aromatic heterocycles. The van der Waals surface area contributed by atoms with Crippen molar-refractivity contribution >= 4 is 5.91 Å². The predicted octanol–water partition coefficient (Wildman–Crippen LogP) is 1.50. The Labute approximate surface area is 152 Å². The van der Waals surface area contributed by atoms with Crippen LogP contribution >= 0.6 is 0 Å². The SMILES string of the molecule is CC(C)NCCOCCNCCOC(C)(C)C(F)CNC(=O)C(C)C. The standard InChI is InChI=1S/C18H38FN3O3/c1-14(2)17(23)22-13-16(19)18(5,6)25-12-8-20-7-10-24-11-9-21-15(3)4/h14-16,20-21H,7-13H2,1-6H3,(H,22,23). The van der Waals surface area contributed by atoms with E-state index < -0.39 is 11.8 Å².